The van der Waals surface area contributed by atoms with Gasteiger partial charge in [0.25, 0.3) is 11.8 Å². The largest absolute Gasteiger partial charge is 0.478 e. The fourth-order valence-electron chi connectivity index (χ4n) is 2.51. The second kappa shape index (κ2) is 9.56. The molecule has 1 heterocycles. The molecule has 1 aromatic heterocycles. The van der Waals surface area contributed by atoms with Gasteiger partial charge >= 0.3 is 5.97 Å². The number of carbonyl (C=O) groups excluding carboxylic acids is 2. The standard InChI is InChI=1S/C20H24N2O5/c1-3-5-10-21-18(23)14-8-6-13(7-9-14)12-22-19(24)17-11-15(20(25)26)16(4-2)27-17/h6-9,11H,3-5,10,12H2,1-2H3,(H,21,23)(H,22,24)(H,25,26). The molecule has 0 unspecified atom stereocenters. The third-order valence-electron chi connectivity index (χ3n) is 4.07. The van der Waals surface area contributed by atoms with E-state index in [1.54, 1.807) is 31.2 Å². The van der Waals surface area contributed by atoms with E-state index in [4.69, 9.17) is 9.52 Å². The van der Waals surface area contributed by atoms with Gasteiger partial charge in [-0.25, -0.2) is 4.79 Å². The molecule has 1 aromatic carbocycles. The molecular formula is C20H24N2O5. The summed E-state index contributed by atoms with van der Waals surface area (Å²) >= 11 is 0. The zero-order chi connectivity index (χ0) is 19.8. The minimum absolute atomic E-state index is 0.00101. The average Bonchev–Trinajstić information content (AvgIpc) is 3.11. The van der Waals surface area contributed by atoms with Crippen LogP contribution in [0.1, 0.15) is 69.3 Å². The molecule has 0 fully saturated rings. The van der Waals surface area contributed by atoms with E-state index in [9.17, 15) is 14.4 Å². The highest BCUT2D eigenvalue weighted by Crippen LogP contribution is 2.16. The highest BCUT2D eigenvalue weighted by atomic mass is 16.4. The molecule has 2 aromatic rings. The molecule has 0 aliphatic carbocycles. The van der Waals surface area contributed by atoms with Crippen molar-refractivity contribution in [2.24, 2.45) is 0 Å². The van der Waals surface area contributed by atoms with Crippen molar-refractivity contribution < 1.29 is 23.9 Å². The van der Waals surface area contributed by atoms with Crippen molar-refractivity contribution in [1.82, 2.24) is 10.6 Å². The summed E-state index contributed by atoms with van der Waals surface area (Å²) in [6.45, 7) is 4.70. The smallest absolute Gasteiger partial charge is 0.339 e. The fraction of sp³-hybridized carbons (Fsp3) is 0.350. The molecule has 0 saturated carbocycles. The Morgan fingerprint density at radius 2 is 1.74 bits per heavy atom. The lowest BCUT2D eigenvalue weighted by atomic mass is 10.1. The highest BCUT2D eigenvalue weighted by molar-refractivity contribution is 5.96. The van der Waals surface area contributed by atoms with Gasteiger partial charge in [-0.3, -0.25) is 9.59 Å². The van der Waals surface area contributed by atoms with Gasteiger partial charge in [-0.15, -0.1) is 0 Å². The molecule has 0 aliphatic heterocycles. The molecule has 0 spiro atoms. The lowest BCUT2D eigenvalue weighted by Gasteiger charge is -2.06. The first kappa shape index (κ1) is 20.2. The van der Waals surface area contributed by atoms with Gasteiger partial charge in [0.1, 0.15) is 11.3 Å². The number of aromatic carboxylic acids is 1. The Hall–Kier alpha value is -3.09. The van der Waals surface area contributed by atoms with Gasteiger partial charge < -0.3 is 20.2 Å². The molecule has 2 rings (SSSR count). The molecule has 27 heavy (non-hydrogen) atoms. The topological polar surface area (TPSA) is 109 Å². The number of unbranched alkanes of at least 4 members (excludes halogenated alkanes) is 1. The van der Waals surface area contributed by atoms with Crippen LogP contribution in [0, 0.1) is 0 Å². The van der Waals surface area contributed by atoms with Crippen LogP contribution < -0.4 is 10.6 Å². The second-order valence-electron chi connectivity index (χ2n) is 6.10. The summed E-state index contributed by atoms with van der Waals surface area (Å²) in [5.41, 5.74) is 1.38. The lowest BCUT2D eigenvalue weighted by molar-refractivity contribution is 0.0693. The summed E-state index contributed by atoms with van der Waals surface area (Å²) in [6, 6.07) is 8.16. The van der Waals surface area contributed by atoms with Crippen LogP contribution in [0.5, 0.6) is 0 Å². The van der Waals surface area contributed by atoms with Crippen molar-refractivity contribution in [3.63, 3.8) is 0 Å². The molecule has 144 valence electrons. The van der Waals surface area contributed by atoms with E-state index in [1.807, 2.05) is 0 Å². The molecule has 0 bridgehead atoms. The molecule has 7 nitrogen and oxygen atoms in total. The van der Waals surface area contributed by atoms with Gasteiger partial charge in [-0.05, 0) is 24.1 Å². The van der Waals surface area contributed by atoms with Gasteiger partial charge in [-0.1, -0.05) is 32.4 Å². The van der Waals surface area contributed by atoms with Crippen LogP contribution in [0.4, 0.5) is 0 Å². The maximum atomic E-state index is 12.2. The molecule has 0 aliphatic rings. The Morgan fingerprint density at radius 1 is 1.04 bits per heavy atom. The number of rotatable bonds is 9. The number of benzene rings is 1. The molecular weight excluding hydrogens is 348 g/mol. The van der Waals surface area contributed by atoms with Crippen molar-refractivity contribution in [3.8, 4) is 0 Å². The summed E-state index contributed by atoms with van der Waals surface area (Å²) in [4.78, 5) is 35.3. The normalized spacial score (nSPS) is 10.4. The van der Waals surface area contributed by atoms with Crippen LogP contribution in [0.3, 0.4) is 0 Å². The first-order valence-corrected chi connectivity index (χ1v) is 8.97. The average molecular weight is 372 g/mol. The summed E-state index contributed by atoms with van der Waals surface area (Å²) in [6.07, 6.45) is 2.34. The summed E-state index contributed by atoms with van der Waals surface area (Å²) in [5.74, 6) is -1.49. The molecule has 7 heteroatoms. The van der Waals surface area contributed by atoms with E-state index in [0.717, 1.165) is 18.4 Å². The van der Waals surface area contributed by atoms with E-state index in [1.165, 1.54) is 6.07 Å². The Bertz CT molecular complexity index is 808. The van der Waals surface area contributed by atoms with E-state index in [2.05, 4.69) is 17.6 Å². The van der Waals surface area contributed by atoms with Gasteiger partial charge in [0.15, 0.2) is 5.76 Å². The minimum Gasteiger partial charge on any atom is -0.478 e. The number of amides is 2. The molecule has 3 N–H and O–H groups in total. The second-order valence-corrected chi connectivity index (χ2v) is 6.10. The van der Waals surface area contributed by atoms with Crippen LogP contribution >= 0.6 is 0 Å². The Balaban J connectivity index is 1.93. The zero-order valence-electron chi connectivity index (χ0n) is 15.5. The number of hydrogen-bond acceptors (Lipinski definition) is 4. The van der Waals surface area contributed by atoms with Gasteiger partial charge in [0.2, 0.25) is 0 Å². The lowest BCUT2D eigenvalue weighted by Crippen LogP contribution is -2.24. The maximum Gasteiger partial charge on any atom is 0.339 e. The van der Waals surface area contributed by atoms with Crippen molar-refractivity contribution in [2.45, 2.75) is 39.7 Å². The summed E-state index contributed by atoms with van der Waals surface area (Å²) in [7, 11) is 0. The maximum absolute atomic E-state index is 12.2. The van der Waals surface area contributed by atoms with Gasteiger partial charge in [0, 0.05) is 31.1 Å². The van der Waals surface area contributed by atoms with Crippen molar-refractivity contribution in [1.29, 1.82) is 0 Å². The SMILES string of the molecule is CCCCNC(=O)c1ccc(CNC(=O)c2cc(C(=O)O)c(CC)o2)cc1. The van der Waals surface area contributed by atoms with Gasteiger partial charge in [-0.2, -0.15) is 0 Å². The molecule has 2 amide bonds. The summed E-state index contributed by atoms with van der Waals surface area (Å²) < 4.78 is 5.33. The predicted octanol–water partition coefficient (Wildman–Crippen LogP) is 3.00. The minimum atomic E-state index is -1.12. The van der Waals surface area contributed by atoms with Crippen molar-refractivity contribution in [3.05, 3.63) is 58.5 Å². The number of carbonyl (C=O) groups is 3. The Labute approximate surface area is 157 Å². The number of carboxylic acids is 1. The van der Waals surface area contributed by atoms with Gasteiger partial charge in [0.05, 0.1) is 0 Å². The van der Waals surface area contributed by atoms with Crippen molar-refractivity contribution in [2.75, 3.05) is 6.54 Å². The van der Waals surface area contributed by atoms with Crippen LogP contribution in [0.25, 0.3) is 0 Å². The number of hydrogen-bond donors (Lipinski definition) is 3. The van der Waals surface area contributed by atoms with Crippen LogP contribution in [-0.2, 0) is 13.0 Å². The van der Waals surface area contributed by atoms with E-state index < -0.39 is 11.9 Å². The quantitative estimate of drug-likeness (QED) is 0.586. The highest BCUT2D eigenvalue weighted by Gasteiger charge is 2.19. The predicted molar refractivity (Wildman–Crippen MR) is 99.9 cm³/mol. The third-order valence-corrected chi connectivity index (χ3v) is 4.07. The van der Waals surface area contributed by atoms with E-state index >= 15 is 0 Å². The van der Waals surface area contributed by atoms with Crippen LogP contribution in [-0.4, -0.2) is 29.4 Å². The number of carboxylic acid groups (broad SMARTS) is 1. The monoisotopic (exact) mass is 372 g/mol. The molecule has 0 radical (unpaired) electrons. The number of furan rings is 1. The zero-order valence-corrected chi connectivity index (χ0v) is 15.5. The Morgan fingerprint density at radius 3 is 2.30 bits per heavy atom. The molecule has 0 saturated heterocycles. The third kappa shape index (κ3) is 5.44. The summed E-state index contributed by atoms with van der Waals surface area (Å²) in [5, 5.41) is 14.6. The Kier molecular flexibility index (Phi) is 7.16. The number of aryl methyl sites for hydroxylation is 1. The number of nitrogens with one attached hydrogen (secondary N) is 2. The first-order chi connectivity index (χ1) is 13.0. The van der Waals surface area contributed by atoms with E-state index in [-0.39, 0.29) is 29.5 Å². The van der Waals surface area contributed by atoms with E-state index in [0.29, 0.717) is 18.5 Å². The van der Waals surface area contributed by atoms with Crippen LogP contribution in [0.15, 0.2) is 34.7 Å². The van der Waals surface area contributed by atoms with Crippen molar-refractivity contribution >= 4 is 17.8 Å². The van der Waals surface area contributed by atoms with Crippen LogP contribution in [0.2, 0.25) is 0 Å². The molecule has 0 atom stereocenters. The fourth-order valence-corrected chi connectivity index (χ4v) is 2.51. The first-order valence-electron chi connectivity index (χ1n) is 8.97.